The van der Waals surface area contributed by atoms with Gasteiger partial charge >= 0.3 is 0 Å². The molecule has 0 heterocycles. The highest BCUT2D eigenvalue weighted by atomic mass is 32.1. The maximum Gasteiger partial charge on any atom is 0.224 e. The van der Waals surface area contributed by atoms with E-state index in [9.17, 15) is 0 Å². The van der Waals surface area contributed by atoms with Gasteiger partial charge in [-0.3, -0.25) is 0 Å². The molecule has 16 heavy (non-hydrogen) atoms. The van der Waals surface area contributed by atoms with Crippen LogP contribution in [0.5, 0.6) is 5.75 Å². The number of benzene rings is 1. The molecule has 0 aliphatic heterocycles. The first-order valence-electron chi connectivity index (χ1n) is 4.75. The van der Waals surface area contributed by atoms with Crippen molar-refractivity contribution in [3.05, 3.63) is 42.5 Å². The largest absolute Gasteiger partial charge is 0.508 e. The minimum absolute atomic E-state index is 0.244. The lowest BCUT2D eigenvalue weighted by Crippen LogP contribution is -2.82. The van der Waals surface area contributed by atoms with Gasteiger partial charge in [-0.15, -0.1) is 17.1 Å². The smallest absolute Gasteiger partial charge is 0.224 e. The topological polar surface area (TPSA) is 58.3 Å². The number of thiocarbonyl (C=S) groups is 1. The predicted octanol–water partition coefficient (Wildman–Crippen LogP) is -0.543. The summed E-state index contributed by atoms with van der Waals surface area (Å²) in [6, 6.07) is 6.79. The summed E-state index contributed by atoms with van der Waals surface area (Å²) in [4.78, 5) is 0. The van der Waals surface area contributed by atoms with Crippen LogP contribution < -0.4 is 15.8 Å². The maximum absolute atomic E-state index is 9.08. The number of hydrogen-bond donors (Lipinski definition) is 4. The van der Waals surface area contributed by atoms with Crippen molar-refractivity contribution < 1.29 is 10.2 Å². The zero-order valence-electron chi connectivity index (χ0n) is 8.73. The number of rotatable bonds is 4. The quantitative estimate of drug-likeness (QED) is 0.245. The van der Waals surface area contributed by atoms with E-state index in [1.165, 1.54) is 0 Å². The Labute approximate surface area is 99.7 Å². The van der Waals surface area contributed by atoms with Gasteiger partial charge in [0, 0.05) is 12.1 Å². The normalized spacial score (nSPS) is 10.0. The molecule has 0 bridgehead atoms. The Morgan fingerprint density at radius 3 is 2.75 bits per heavy atom. The van der Waals surface area contributed by atoms with Gasteiger partial charge in [-0.1, -0.05) is 6.08 Å². The zero-order valence-corrected chi connectivity index (χ0v) is 9.55. The van der Waals surface area contributed by atoms with E-state index in [1.807, 2.05) is 0 Å². The van der Waals surface area contributed by atoms with Crippen LogP contribution in [0, 0.1) is 0 Å². The highest BCUT2D eigenvalue weighted by molar-refractivity contribution is 7.80. The molecule has 0 atom stereocenters. The van der Waals surface area contributed by atoms with E-state index in [-0.39, 0.29) is 5.75 Å². The van der Waals surface area contributed by atoms with Gasteiger partial charge in [-0.2, -0.15) is 0 Å². The molecule has 0 amide bonds. The van der Waals surface area contributed by atoms with Crippen LogP contribution in [-0.4, -0.2) is 23.0 Å². The Morgan fingerprint density at radius 2 is 2.12 bits per heavy atom. The molecule has 0 fully saturated rings. The zero-order chi connectivity index (χ0) is 11.8. The standard InChI is InChI=1S/C11H13N3OS/c1-2-7-12-11(16)14-13-8-9-3-5-10(15)6-4-9/h2-6,8,15H,1,7H2,(H2,12,14,16)/p+1. The van der Waals surface area contributed by atoms with Crippen molar-refractivity contribution in [2.24, 2.45) is 0 Å². The van der Waals surface area contributed by atoms with Crippen molar-refractivity contribution in [1.29, 1.82) is 0 Å². The molecule has 0 aliphatic rings. The van der Waals surface area contributed by atoms with Crippen molar-refractivity contribution in [2.75, 3.05) is 6.54 Å². The summed E-state index contributed by atoms with van der Waals surface area (Å²) in [5, 5.41) is 15.3. The van der Waals surface area contributed by atoms with E-state index < -0.39 is 0 Å². The van der Waals surface area contributed by atoms with Crippen molar-refractivity contribution in [3.63, 3.8) is 0 Å². The fourth-order valence-electron chi connectivity index (χ4n) is 0.965. The molecule has 0 aliphatic carbocycles. The Kier molecular flexibility index (Phi) is 5.01. The number of phenols is 1. The van der Waals surface area contributed by atoms with E-state index >= 15 is 0 Å². The van der Waals surface area contributed by atoms with Gasteiger partial charge in [0.1, 0.15) is 5.75 Å². The SMILES string of the molecule is C=CCNC(=S)N[NH+]=Cc1ccc(O)cc1. The molecule has 1 aromatic rings. The highest BCUT2D eigenvalue weighted by Crippen LogP contribution is 2.06. The van der Waals surface area contributed by atoms with E-state index in [1.54, 1.807) is 36.6 Å². The van der Waals surface area contributed by atoms with Crippen molar-refractivity contribution in [2.45, 2.75) is 0 Å². The third-order valence-corrected chi connectivity index (χ3v) is 1.97. The first-order chi connectivity index (χ1) is 7.72. The molecule has 0 saturated heterocycles. The second kappa shape index (κ2) is 6.58. The summed E-state index contributed by atoms with van der Waals surface area (Å²) in [5.41, 5.74) is 3.71. The molecule has 0 unspecified atom stereocenters. The van der Waals surface area contributed by atoms with Crippen LogP contribution >= 0.6 is 12.2 Å². The van der Waals surface area contributed by atoms with Crippen LogP contribution in [0.1, 0.15) is 5.56 Å². The third kappa shape index (κ3) is 4.56. The van der Waals surface area contributed by atoms with Gasteiger partial charge in [0.2, 0.25) is 5.11 Å². The molecule has 0 radical (unpaired) electrons. The minimum Gasteiger partial charge on any atom is -0.508 e. The van der Waals surface area contributed by atoms with E-state index in [0.717, 1.165) is 5.56 Å². The molecule has 4 N–H and O–H groups in total. The van der Waals surface area contributed by atoms with Gasteiger partial charge in [0.25, 0.3) is 0 Å². The maximum atomic E-state index is 9.08. The van der Waals surface area contributed by atoms with Gasteiger partial charge in [-0.05, 0) is 36.5 Å². The summed E-state index contributed by atoms with van der Waals surface area (Å²) >= 11 is 4.96. The fraction of sp³-hybridized carbons (Fsp3) is 0.0909. The minimum atomic E-state index is 0.244. The van der Waals surface area contributed by atoms with Crippen LogP contribution in [0.4, 0.5) is 0 Å². The molecule has 0 saturated carbocycles. The Morgan fingerprint density at radius 1 is 1.44 bits per heavy atom. The van der Waals surface area contributed by atoms with Gasteiger partial charge in [-0.25, -0.2) is 0 Å². The Hall–Kier alpha value is -1.88. The lowest BCUT2D eigenvalue weighted by molar-refractivity contribution is -0.500. The Balaban J connectivity index is 2.39. The molecule has 4 nitrogen and oxygen atoms in total. The summed E-state index contributed by atoms with van der Waals surface area (Å²) in [7, 11) is 0. The Bertz CT molecular complexity index is 387. The van der Waals surface area contributed by atoms with Gasteiger partial charge in [0.05, 0.1) is 0 Å². The number of hydrazone groups is 1. The first kappa shape index (κ1) is 12.2. The number of hydrazine groups is 1. The predicted molar refractivity (Wildman–Crippen MR) is 68.2 cm³/mol. The third-order valence-electron chi connectivity index (χ3n) is 1.72. The highest BCUT2D eigenvalue weighted by Gasteiger charge is 1.94. The fourth-order valence-corrected chi connectivity index (χ4v) is 1.11. The van der Waals surface area contributed by atoms with Crippen LogP contribution in [0.2, 0.25) is 0 Å². The van der Waals surface area contributed by atoms with Gasteiger partial charge < -0.3 is 10.4 Å². The molecule has 0 spiro atoms. The molecular weight excluding hydrogens is 222 g/mol. The molecule has 0 aromatic heterocycles. The van der Waals surface area contributed by atoms with Crippen LogP contribution in [-0.2, 0) is 0 Å². The summed E-state index contributed by atoms with van der Waals surface area (Å²) in [5.74, 6) is 0.244. The average Bonchev–Trinajstić information content (AvgIpc) is 2.29. The number of phenolic OH excluding ortho intramolecular Hbond substituents is 1. The molecular formula is C11H14N3OS+. The summed E-state index contributed by atoms with van der Waals surface area (Å²) in [6.07, 6.45) is 3.46. The lowest BCUT2D eigenvalue weighted by Gasteiger charge is -1.99. The van der Waals surface area contributed by atoms with E-state index in [2.05, 4.69) is 22.4 Å². The monoisotopic (exact) mass is 236 g/mol. The first-order valence-corrected chi connectivity index (χ1v) is 5.15. The summed E-state index contributed by atoms with van der Waals surface area (Å²) < 4.78 is 0. The molecule has 1 rings (SSSR count). The number of aromatic hydroxyl groups is 1. The second-order valence-corrected chi connectivity index (χ2v) is 3.41. The molecule has 5 heteroatoms. The summed E-state index contributed by atoms with van der Waals surface area (Å²) in [6.45, 7) is 4.18. The number of nitrogens with one attached hydrogen (secondary N) is 3. The molecule has 1 aromatic carbocycles. The van der Waals surface area contributed by atoms with Crippen molar-refractivity contribution in [3.8, 4) is 5.75 Å². The van der Waals surface area contributed by atoms with Crippen LogP contribution in [0.3, 0.4) is 0 Å². The molecule has 84 valence electrons. The second-order valence-electron chi connectivity index (χ2n) is 3.00. The van der Waals surface area contributed by atoms with Crippen molar-refractivity contribution >= 4 is 23.5 Å². The van der Waals surface area contributed by atoms with Crippen LogP contribution in [0.15, 0.2) is 36.9 Å². The van der Waals surface area contributed by atoms with Crippen molar-refractivity contribution in [1.82, 2.24) is 10.7 Å². The number of hydrogen-bond acceptors (Lipinski definition) is 2. The van der Waals surface area contributed by atoms with Gasteiger partial charge in [0.15, 0.2) is 6.21 Å². The van der Waals surface area contributed by atoms with E-state index in [4.69, 9.17) is 17.3 Å². The lowest BCUT2D eigenvalue weighted by atomic mass is 10.2. The van der Waals surface area contributed by atoms with Crippen LogP contribution in [0.25, 0.3) is 0 Å². The average molecular weight is 236 g/mol. The van der Waals surface area contributed by atoms with E-state index in [0.29, 0.717) is 11.7 Å².